The number of nitrogens with one attached hydrogen (secondary N) is 1. The Hall–Kier alpha value is -4.53. The zero-order valence-electron chi connectivity index (χ0n) is 19.9. The second-order valence-electron chi connectivity index (χ2n) is 8.17. The number of nitrogens with zero attached hydrogens (tertiary/aromatic N) is 4. The third-order valence-corrected chi connectivity index (χ3v) is 5.53. The monoisotopic (exact) mass is 471 g/mol. The normalized spacial score (nSPS) is 10.7. The number of carbonyl (C=O) groups excluding carboxylic acids is 3. The summed E-state index contributed by atoms with van der Waals surface area (Å²) in [5.41, 5.74) is 6.88. The van der Waals surface area contributed by atoms with Crippen LogP contribution in [-0.4, -0.2) is 43.7 Å². The van der Waals surface area contributed by atoms with Crippen molar-refractivity contribution in [2.45, 2.75) is 27.7 Å². The molecule has 0 aliphatic carbocycles. The molecule has 9 nitrogen and oxygen atoms in total. The van der Waals surface area contributed by atoms with Gasteiger partial charge in [0.15, 0.2) is 12.4 Å². The average Bonchev–Trinajstić information content (AvgIpc) is 3.35. The van der Waals surface area contributed by atoms with Gasteiger partial charge in [-0.05, 0) is 64.1 Å². The highest BCUT2D eigenvalue weighted by Crippen LogP contribution is 2.16. The number of pyridine rings is 1. The van der Waals surface area contributed by atoms with Crippen LogP contribution in [0, 0.1) is 27.7 Å². The molecule has 0 radical (unpaired) electrons. The molecule has 1 N–H and O–H groups in total. The molecular formula is C26H25N5O4. The van der Waals surface area contributed by atoms with Gasteiger partial charge in [0.2, 0.25) is 5.78 Å². The molecule has 1 amide bonds. The van der Waals surface area contributed by atoms with Crippen molar-refractivity contribution in [1.29, 1.82) is 0 Å². The number of aryl methyl sites for hydroxylation is 3. The Morgan fingerprint density at radius 1 is 0.914 bits per heavy atom. The summed E-state index contributed by atoms with van der Waals surface area (Å²) in [5, 5.41) is 4.37. The third kappa shape index (κ3) is 5.03. The van der Waals surface area contributed by atoms with Crippen LogP contribution >= 0.6 is 0 Å². The number of amides is 1. The number of esters is 1. The van der Waals surface area contributed by atoms with Crippen molar-refractivity contribution >= 4 is 17.7 Å². The van der Waals surface area contributed by atoms with Crippen LogP contribution in [0.4, 0.5) is 0 Å². The number of ketones is 1. The van der Waals surface area contributed by atoms with Crippen LogP contribution in [-0.2, 0) is 4.74 Å². The first-order valence-corrected chi connectivity index (χ1v) is 11.0. The fourth-order valence-electron chi connectivity index (χ4n) is 3.76. The van der Waals surface area contributed by atoms with Crippen LogP contribution in [0.2, 0.25) is 0 Å². The van der Waals surface area contributed by atoms with Crippen molar-refractivity contribution in [3.8, 4) is 5.82 Å². The molecule has 0 atom stereocenters. The highest BCUT2D eigenvalue weighted by atomic mass is 16.5. The maximum absolute atomic E-state index is 12.8. The van der Waals surface area contributed by atoms with E-state index in [1.54, 1.807) is 65.7 Å². The summed E-state index contributed by atoms with van der Waals surface area (Å²) in [5.74, 6) is -0.752. The predicted octanol–water partition coefficient (Wildman–Crippen LogP) is 3.73. The highest BCUT2D eigenvalue weighted by molar-refractivity contribution is 6.02. The number of carbonyl (C=O) groups is 3. The quantitative estimate of drug-likeness (QED) is 0.325. The molecule has 35 heavy (non-hydrogen) atoms. The fraction of sp³-hybridized carbons (Fsp3) is 0.192. The van der Waals surface area contributed by atoms with E-state index in [1.165, 1.54) is 6.20 Å². The number of aromatic nitrogens is 4. The van der Waals surface area contributed by atoms with E-state index < -0.39 is 12.6 Å². The number of Topliss-reactive ketones (excluding diaryl/α,β-unsaturated/α-hetero) is 1. The Morgan fingerprint density at radius 2 is 1.66 bits per heavy atom. The van der Waals surface area contributed by atoms with Crippen LogP contribution in [0.25, 0.3) is 5.82 Å². The molecule has 0 unspecified atom stereocenters. The zero-order valence-corrected chi connectivity index (χ0v) is 19.9. The van der Waals surface area contributed by atoms with Crippen LogP contribution in [0.5, 0.6) is 0 Å². The van der Waals surface area contributed by atoms with E-state index in [0.29, 0.717) is 28.3 Å². The summed E-state index contributed by atoms with van der Waals surface area (Å²) in [6.45, 7) is 6.86. The molecule has 3 heterocycles. The molecule has 0 aliphatic heterocycles. The third-order valence-electron chi connectivity index (χ3n) is 5.53. The summed E-state index contributed by atoms with van der Waals surface area (Å²) in [6.07, 6.45) is 1.39. The van der Waals surface area contributed by atoms with Gasteiger partial charge >= 0.3 is 5.97 Å². The molecule has 0 saturated heterocycles. The lowest BCUT2D eigenvalue weighted by Gasteiger charge is -2.11. The van der Waals surface area contributed by atoms with E-state index in [0.717, 1.165) is 11.4 Å². The Bertz CT molecular complexity index is 1400. The molecular weight excluding hydrogens is 446 g/mol. The summed E-state index contributed by atoms with van der Waals surface area (Å²) in [6, 6.07) is 15.6. The van der Waals surface area contributed by atoms with Gasteiger partial charge in [-0.3, -0.25) is 19.7 Å². The van der Waals surface area contributed by atoms with Crippen molar-refractivity contribution in [3.05, 3.63) is 100 Å². The maximum Gasteiger partial charge on any atom is 0.340 e. The molecule has 0 saturated carbocycles. The first kappa shape index (κ1) is 23.6. The van der Waals surface area contributed by atoms with Crippen LogP contribution in [0.3, 0.4) is 0 Å². The van der Waals surface area contributed by atoms with Crippen molar-refractivity contribution in [2.75, 3.05) is 12.0 Å². The van der Waals surface area contributed by atoms with Crippen molar-refractivity contribution in [3.63, 3.8) is 0 Å². The highest BCUT2D eigenvalue weighted by Gasteiger charge is 2.19. The second kappa shape index (κ2) is 9.76. The minimum Gasteiger partial charge on any atom is -0.454 e. The molecule has 1 aromatic carbocycles. The average molecular weight is 472 g/mol. The largest absolute Gasteiger partial charge is 0.454 e. The van der Waals surface area contributed by atoms with E-state index in [4.69, 9.17) is 4.74 Å². The summed E-state index contributed by atoms with van der Waals surface area (Å²) < 4.78 is 8.45. The summed E-state index contributed by atoms with van der Waals surface area (Å²) in [4.78, 5) is 42.0. The Balaban J connectivity index is 1.40. The minimum atomic E-state index is -0.656. The molecule has 4 rings (SSSR count). The molecule has 3 aromatic heterocycles. The van der Waals surface area contributed by atoms with Gasteiger partial charge in [-0.2, -0.15) is 5.10 Å². The van der Waals surface area contributed by atoms with Gasteiger partial charge in [0.25, 0.3) is 5.91 Å². The summed E-state index contributed by atoms with van der Waals surface area (Å²) >= 11 is 0. The maximum atomic E-state index is 12.8. The van der Waals surface area contributed by atoms with Gasteiger partial charge in [0.1, 0.15) is 0 Å². The topological polar surface area (TPSA) is 108 Å². The van der Waals surface area contributed by atoms with E-state index in [-0.39, 0.29) is 17.3 Å². The van der Waals surface area contributed by atoms with E-state index in [9.17, 15) is 14.4 Å². The Morgan fingerprint density at radius 3 is 2.29 bits per heavy atom. The van der Waals surface area contributed by atoms with Crippen molar-refractivity contribution in [1.82, 2.24) is 19.4 Å². The van der Waals surface area contributed by atoms with Crippen molar-refractivity contribution < 1.29 is 19.1 Å². The Labute approximate surface area is 202 Å². The number of benzene rings is 1. The molecule has 0 fully saturated rings. The molecule has 0 spiro atoms. The van der Waals surface area contributed by atoms with Crippen LogP contribution in [0.15, 0.2) is 60.8 Å². The SMILES string of the molecule is Cc1cc(C)n(-c2ccc(C(=O)OCC(=O)c3cc(C)n(NC(=O)c4ccccc4)c3C)cn2)n1. The number of rotatable bonds is 7. The Kier molecular flexibility index (Phi) is 6.59. The molecule has 9 heteroatoms. The van der Waals surface area contributed by atoms with Gasteiger partial charge < -0.3 is 4.74 Å². The van der Waals surface area contributed by atoms with E-state index >= 15 is 0 Å². The van der Waals surface area contributed by atoms with Crippen LogP contribution in [0.1, 0.15) is 53.8 Å². The van der Waals surface area contributed by atoms with E-state index in [1.807, 2.05) is 26.0 Å². The van der Waals surface area contributed by atoms with E-state index in [2.05, 4.69) is 15.5 Å². The minimum absolute atomic E-state index is 0.226. The second-order valence-corrected chi connectivity index (χ2v) is 8.17. The van der Waals surface area contributed by atoms with Gasteiger partial charge in [-0.25, -0.2) is 14.5 Å². The lowest BCUT2D eigenvalue weighted by Crippen LogP contribution is -2.25. The fourth-order valence-corrected chi connectivity index (χ4v) is 3.76. The summed E-state index contributed by atoms with van der Waals surface area (Å²) in [7, 11) is 0. The lowest BCUT2D eigenvalue weighted by atomic mass is 10.1. The van der Waals surface area contributed by atoms with Crippen LogP contribution < -0.4 is 5.43 Å². The van der Waals surface area contributed by atoms with Gasteiger partial charge in [0.05, 0.1) is 11.3 Å². The molecule has 0 aliphatic rings. The number of ether oxygens (including phenoxy) is 1. The first-order chi connectivity index (χ1) is 16.7. The van der Waals surface area contributed by atoms with Crippen molar-refractivity contribution in [2.24, 2.45) is 0 Å². The van der Waals surface area contributed by atoms with Gasteiger partial charge in [-0.15, -0.1) is 0 Å². The number of hydrogen-bond acceptors (Lipinski definition) is 6. The first-order valence-electron chi connectivity index (χ1n) is 11.0. The number of hydrogen-bond donors (Lipinski definition) is 1. The molecule has 0 bridgehead atoms. The molecule has 4 aromatic rings. The lowest BCUT2D eigenvalue weighted by molar-refractivity contribution is 0.0474. The van der Waals surface area contributed by atoms with Gasteiger partial charge in [0, 0.05) is 34.4 Å². The van der Waals surface area contributed by atoms with Gasteiger partial charge in [-0.1, -0.05) is 18.2 Å². The predicted molar refractivity (Wildman–Crippen MR) is 129 cm³/mol. The smallest absolute Gasteiger partial charge is 0.340 e. The molecule has 178 valence electrons. The zero-order chi connectivity index (χ0) is 25.1. The standard InChI is InChI=1S/C26H25N5O4/c1-16-12-17(2)31(28-16)24-11-10-21(14-27-24)26(34)35-15-23(32)22-13-18(3)30(19(22)4)29-25(33)20-8-6-5-7-9-20/h5-14H,15H2,1-4H3,(H,29,33).